The lowest BCUT2D eigenvalue weighted by atomic mass is 9.92. The number of rotatable bonds is 0. The van der Waals surface area contributed by atoms with Crippen LogP contribution in [0.3, 0.4) is 0 Å². The van der Waals surface area contributed by atoms with E-state index in [1.54, 1.807) is 0 Å². The van der Waals surface area contributed by atoms with Crippen molar-refractivity contribution in [1.82, 2.24) is 0 Å². The highest BCUT2D eigenvalue weighted by molar-refractivity contribution is 5.52. The Morgan fingerprint density at radius 2 is 0.608 bits per heavy atom. The van der Waals surface area contributed by atoms with Gasteiger partial charge in [0, 0.05) is 19.3 Å². The SMILES string of the molecule is c1cc2c3c(c1)Cc1cccc(c1OCCOCCOCCO3)Cc1cc3cc(c1)OCCOCCOCCOCCOc1cc(cc(c1)C2)C3. The highest BCUT2D eigenvalue weighted by atomic mass is 16.6. The van der Waals surface area contributed by atoms with Gasteiger partial charge in [0.05, 0.1) is 66.1 Å². The van der Waals surface area contributed by atoms with Gasteiger partial charge in [-0.05, 0) is 75.2 Å². The molecule has 2 heterocycles. The quantitative estimate of drug-likeness (QED) is 0.194. The summed E-state index contributed by atoms with van der Waals surface area (Å²) in [7, 11) is 0. The van der Waals surface area contributed by atoms with Crippen LogP contribution in [0.25, 0.3) is 0 Å². The molecule has 0 saturated heterocycles. The van der Waals surface area contributed by atoms with Crippen molar-refractivity contribution in [1.29, 1.82) is 0 Å². The molecule has 0 unspecified atom stereocenters. The normalized spacial score (nSPS) is 18.2. The van der Waals surface area contributed by atoms with E-state index in [-0.39, 0.29) is 0 Å². The van der Waals surface area contributed by atoms with E-state index in [0.29, 0.717) is 118 Å². The van der Waals surface area contributed by atoms with Crippen molar-refractivity contribution in [3.8, 4) is 23.0 Å². The lowest BCUT2D eigenvalue weighted by Crippen LogP contribution is -2.14. The zero-order valence-corrected chi connectivity index (χ0v) is 29.3. The summed E-state index contributed by atoms with van der Waals surface area (Å²) in [6, 6.07) is 26.0. The standard InChI is InChI=1S/C42H48O9/c1-3-35-24-33-22-31-21-32-23-34(29-40(27-32)49-18-14-45-10-8-43-7-9-44-13-17-48-39(26-31)28-33)25-36-4-2-6-38-30-37(5-1)41(35)50-19-15-46-11-12-47-16-20-51-42(36)38/h1-6,22-23,26-29H,7-21,24-25,30H2. The molecule has 4 aromatic carbocycles. The first-order valence-corrected chi connectivity index (χ1v) is 18.1. The summed E-state index contributed by atoms with van der Waals surface area (Å²) in [5, 5.41) is 0. The maximum atomic E-state index is 6.57. The van der Waals surface area contributed by atoms with Crippen molar-refractivity contribution < 1.29 is 42.6 Å². The maximum absolute atomic E-state index is 6.57. The third kappa shape index (κ3) is 10.2. The van der Waals surface area contributed by atoms with E-state index < -0.39 is 0 Å². The van der Waals surface area contributed by atoms with E-state index in [2.05, 4.69) is 72.8 Å². The number of ether oxygens (including phenoxy) is 9. The summed E-state index contributed by atoms with van der Waals surface area (Å²) < 4.78 is 54.6. The second-order valence-corrected chi connectivity index (χ2v) is 12.9. The highest BCUT2D eigenvalue weighted by Gasteiger charge is 2.19. The fourth-order valence-corrected chi connectivity index (χ4v) is 6.82. The van der Waals surface area contributed by atoms with Crippen LogP contribution in [0.15, 0.2) is 72.8 Å². The van der Waals surface area contributed by atoms with Crippen LogP contribution in [-0.2, 0) is 49.4 Å². The molecule has 0 spiro atoms. The number of hydrogen-bond donors (Lipinski definition) is 0. The first-order valence-electron chi connectivity index (χ1n) is 18.1. The van der Waals surface area contributed by atoms with Gasteiger partial charge in [-0.25, -0.2) is 0 Å². The van der Waals surface area contributed by atoms with Gasteiger partial charge in [-0.3, -0.25) is 0 Å². The van der Waals surface area contributed by atoms with Crippen LogP contribution in [0.1, 0.15) is 44.5 Å². The van der Waals surface area contributed by atoms with E-state index in [1.165, 1.54) is 0 Å². The van der Waals surface area contributed by atoms with Gasteiger partial charge in [0.15, 0.2) is 0 Å². The molecule has 51 heavy (non-hydrogen) atoms. The van der Waals surface area contributed by atoms with Gasteiger partial charge >= 0.3 is 0 Å². The smallest absolute Gasteiger partial charge is 0.126 e. The molecule has 0 amide bonds. The molecule has 0 radical (unpaired) electrons. The second-order valence-electron chi connectivity index (χ2n) is 12.9. The Morgan fingerprint density at radius 1 is 0.294 bits per heavy atom. The van der Waals surface area contributed by atoms with Crippen LogP contribution < -0.4 is 18.9 Å². The predicted octanol–water partition coefficient (Wildman–Crippen LogP) is 5.99. The molecular formula is C42H48O9. The number of hydrogen-bond acceptors (Lipinski definition) is 9. The fourth-order valence-electron chi connectivity index (χ4n) is 6.82. The van der Waals surface area contributed by atoms with Gasteiger partial charge in [0.2, 0.25) is 0 Å². The number of benzene rings is 4. The van der Waals surface area contributed by atoms with Crippen LogP contribution >= 0.6 is 0 Å². The van der Waals surface area contributed by atoms with Crippen molar-refractivity contribution in [2.45, 2.75) is 25.7 Å². The summed E-state index contributed by atoms with van der Waals surface area (Å²) in [5.74, 6) is 3.42. The molecule has 2 aliphatic heterocycles. The molecular weight excluding hydrogens is 648 g/mol. The Morgan fingerprint density at radius 3 is 1.00 bits per heavy atom. The molecule has 4 aromatic rings. The Bertz CT molecular complexity index is 1600. The molecule has 0 atom stereocenters. The van der Waals surface area contributed by atoms with E-state index in [1.807, 2.05) is 0 Å². The molecule has 9 heteroatoms. The summed E-state index contributed by atoms with van der Waals surface area (Å²) >= 11 is 0. The summed E-state index contributed by atoms with van der Waals surface area (Å²) in [5.41, 5.74) is 9.02. The molecule has 0 aromatic heterocycles. The summed E-state index contributed by atoms with van der Waals surface area (Å²) in [6.45, 7) is 6.70. The van der Waals surface area contributed by atoms with Crippen molar-refractivity contribution in [2.24, 2.45) is 0 Å². The van der Waals surface area contributed by atoms with Gasteiger partial charge in [0.1, 0.15) is 49.4 Å². The van der Waals surface area contributed by atoms with Crippen LogP contribution in [0.2, 0.25) is 0 Å². The van der Waals surface area contributed by atoms with Crippen LogP contribution in [-0.4, -0.2) is 92.5 Å². The van der Waals surface area contributed by atoms with Crippen molar-refractivity contribution in [3.05, 3.63) is 117 Å². The highest BCUT2D eigenvalue weighted by Crippen LogP contribution is 2.35. The molecule has 0 saturated carbocycles. The summed E-state index contributed by atoms with van der Waals surface area (Å²) in [6.07, 6.45) is 2.71. The first-order chi connectivity index (χ1) is 25.3. The predicted molar refractivity (Wildman–Crippen MR) is 193 cm³/mol. The average Bonchev–Trinajstić information content (AvgIpc) is 3.12. The lowest BCUT2D eigenvalue weighted by molar-refractivity contribution is 0.00497. The molecule has 270 valence electrons. The Hall–Kier alpha value is -4.12. The molecule has 0 fully saturated rings. The fraction of sp³-hybridized carbons (Fsp3) is 0.429. The largest absolute Gasteiger partial charge is 0.491 e. The van der Waals surface area contributed by atoms with E-state index in [0.717, 1.165) is 67.5 Å². The van der Waals surface area contributed by atoms with Crippen LogP contribution in [0.5, 0.6) is 23.0 Å². The van der Waals surface area contributed by atoms with Gasteiger partial charge in [0.25, 0.3) is 0 Å². The minimum atomic E-state index is 0.441. The summed E-state index contributed by atoms with van der Waals surface area (Å²) in [4.78, 5) is 0. The molecule has 7 rings (SSSR count). The average molecular weight is 697 g/mol. The Kier molecular flexibility index (Phi) is 12.7. The van der Waals surface area contributed by atoms with E-state index in [4.69, 9.17) is 42.6 Å². The van der Waals surface area contributed by atoms with Crippen molar-refractivity contribution in [2.75, 3.05) is 92.5 Å². The second kappa shape index (κ2) is 18.4. The first kappa shape index (κ1) is 35.3. The lowest BCUT2D eigenvalue weighted by Gasteiger charge is -2.20. The number of fused-ring (bicyclic) bond motifs is 4. The van der Waals surface area contributed by atoms with Crippen molar-refractivity contribution in [3.63, 3.8) is 0 Å². The maximum Gasteiger partial charge on any atom is 0.126 e. The van der Waals surface area contributed by atoms with Gasteiger partial charge in [-0.2, -0.15) is 0 Å². The molecule has 0 N–H and O–H groups in total. The molecule has 3 aliphatic rings. The van der Waals surface area contributed by atoms with E-state index >= 15 is 0 Å². The zero-order chi connectivity index (χ0) is 34.5. The topological polar surface area (TPSA) is 83.1 Å². The van der Waals surface area contributed by atoms with E-state index in [9.17, 15) is 0 Å². The number of para-hydroxylation sites is 2. The monoisotopic (exact) mass is 696 g/mol. The van der Waals surface area contributed by atoms with Gasteiger partial charge < -0.3 is 42.6 Å². The van der Waals surface area contributed by atoms with Gasteiger partial charge in [-0.1, -0.05) is 48.5 Å². The minimum Gasteiger partial charge on any atom is -0.491 e. The van der Waals surface area contributed by atoms with Crippen molar-refractivity contribution >= 4 is 0 Å². The van der Waals surface area contributed by atoms with Crippen LogP contribution in [0, 0.1) is 0 Å². The van der Waals surface area contributed by atoms with Crippen LogP contribution in [0.4, 0.5) is 0 Å². The third-order valence-corrected chi connectivity index (χ3v) is 9.04. The Labute approximate surface area is 300 Å². The zero-order valence-electron chi connectivity index (χ0n) is 29.3. The molecule has 9 nitrogen and oxygen atoms in total. The molecule has 12 bridgehead atoms. The minimum absolute atomic E-state index is 0.441. The third-order valence-electron chi connectivity index (χ3n) is 9.04. The van der Waals surface area contributed by atoms with Gasteiger partial charge in [-0.15, -0.1) is 0 Å². The Balaban J connectivity index is 1.33. The molecule has 1 aliphatic carbocycles.